The number of hydrogen-bond acceptors (Lipinski definition) is 6. The van der Waals surface area contributed by atoms with Crippen molar-refractivity contribution in [3.8, 4) is 22.8 Å². The molecule has 8 heteroatoms. The van der Waals surface area contributed by atoms with Crippen LogP contribution in [0.25, 0.3) is 11.3 Å². The zero-order valence-electron chi connectivity index (χ0n) is 14.4. The third-order valence-electron chi connectivity index (χ3n) is 4.53. The Morgan fingerprint density at radius 2 is 1.92 bits per heavy atom. The van der Waals surface area contributed by atoms with E-state index in [1.165, 1.54) is 0 Å². The van der Waals surface area contributed by atoms with Gasteiger partial charge in [-0.1, -0.05) is 0 Å². The summed E-state index contributed by atoms with van der Waals surface area (Å²) in [6.45, 7) is 4.55. The molecule has 1 aromatic carbocycles. The van der Waals surface area contributed by atoms with Crippen molar-refractivity contribution in [1.29, 1.82) is 0 Å². The molecule has 0 spiro atoms. The van der Waals surface area contributed by atoms with Crippen LogP contribution in [0.2, 0.25) is 0 Å². The maximum absolute atomic E-state index is 12.0. The van der Waals surface area contributed by atoms with Crippen molar-refractivity contribution in [2.45, 2.75) is 12.3 Å². The monoisotopic (exact) mass is 374 g/mol. The Labute approximate surface area is 156 Å². The molecule has 2 aliphatic rings. The first kappa shape index (κ1) is 16.9. The number of alkyl halides is 1. The Balaban J connectivity index is 1.49. The molecular formula is C18H19ClN4O3. The lowest BCUT2D eigenvalue weighted by Crippen LogP contribution is -2.50. The second-order valence-electron chi connectivity index (χ2n) is 6.24. The SMILES string of the molecule is CC(Cl)C(=O)N1CCN(c2nccc(-c3ccc4c(c3)OCO4)n2)CC1. The molecule has 1 fully saturated rings. The lowest BCUT2D eigenvalue weighted by molar-refractivity contribution is -0.130. The van der Waals surface area contributed by atoms with E-state index in [4.69, 9.17) is 21.1 Å². The van der Waals surface area contributed by atoms with Gasteiger partial charge in [-0.25, -0.2) is 9.97 Å². The maximum atomic E-state index is 12.0. The summed E-state index contributed by atoms with van der Waals surface area (Å²) in [6.07, 6.45) is 1.75. The van der Waals surface area contributed by atoms with Gasteiger partial charge in [-0.05, 0) is 31.2 Å². The predicted octanol–water partition coefficient (Wildman–Crippen LogP) is 2.15. The first-order chi connectivity index (χ1) is 12.6. The van der Waals surface area contributed by atoms with Gasteiger partial charge in [-0.2, -0.15) is 0 Å². The van der Waals surface area contributed by atoms with Crippen LogP contribution < -0.4 is 14.4 Å². The van der Waals surface area contributed by atoms with Crippen molar-refractivity contribution in [1.82, 2.24) is 14.9 Å². The highest BCUT2D eigenvalue weighted by Crippen LogP contribution is 2.35. The number of hydrogen-bond donors (Lipinski definition) is 0. The van der Waals surface area contributed by atoms with Crippen molar-refractivity contribution in [2.75, 3.05) is 37.9 Å². The van der Waals surface area contributed by atoms with Crippen LogP contribution in [0.5, 0.6) is 11.5 Å². The minimum atomic E-state index is -0.493. The van der Waals surface area contributed by atoms with Crippen molar-refractivity contribution >= 4 is 23.5 Å². The van der Waals surface area contributed by atoms with Gasteiger partial charge in [-0.15, -0.1) is 11.6 Å². The van der Waals surface area contributed by atoms with E-state index in [0.29, 0.717) is 32.1 Å². The minimum absolute atomic E-state index is 0.0265. The maximum Gasteiger partial charge on any atom is 0.240 e. The van der Waals surface area contributed by atoms with Crippen molar-refractivity contribution in [3.63, 3.8) is 0 Å². The fourth-order valence-electron chi connectivity index (χ4n) is 3.10. The summed E-state index contributed by atoms with van der Waals surface area (Å²) in [7, 11) is 0. The third kappa shape index (κ3) is 3.26. The molecule has 4 rings (SSSR count). The van der Waals surface area contributed by atoms with Crippen LogP contribution in [0.3, 0.4) is 0 Å². The molecule has 1 amide bonds. The summed E-state index contributed by atoms with van der Waals surface area (Å²) in [4.78, 5) is 24.9. The molecule has 1 atom stereocenters. The number of fused-ring (bicyclic) bond motifs is 1. The Morgan fingerprint density at radius 1 is 1.15 bits per heavy atom. The number of halogens is 1. The van der Waals surface area contributed by atoms with E-state index >= 15 is 0 Å². The molecule has 1 aromatic heterocycles. The number of piperazine rings is 1. The van der Waals surface area contributed by atoms with Crippen molar-refractivity contribution < 1.29 is 14.3 Å². The summed E-state index contributed by atoms with van der Waals surface area (Å²) < 4.78 is 10.8. The topological polar surface area (TPSA) is 67.8 Å². The molecule has 2 aromatic rings. The molecule has 0 N–H and O–H groups in total. The number of carbonyl (C=O) groups is 1. The summed E-state index contributed by atoms with van der Waals surface area (Å²) in [5, 5.41) is -0.493. The number of benzene rings is 1. The first-order valence-corrected chi connectivity index (χ1v) is 8.96. The Hall–Kier alpha value is -2.54. The Bertz CT molecular complexity index is 822. The average Bonchev–Trinajstić information content (AvgIpc) is 3.15. The van der Waals surface area contributed by atoms with Gasteiger partial charge >= 0.3 is 0 Å². The summed E-state index contributed by atoms with van der Waals surface area (Å²) in [5.74, 6) is 2.11. The van der Waals surface area contributed by atoms with Crippen LogP contribution in [-0.2, 0) is 4.79 Å². The normalized spacial score (nSPS) is 17.3. The highest BCUT2D eigenvalue weighted by molar-refractivity contribution is 6.30. The van der Waals surface area contributed by atoms with Gasteiger partial charge < -0.3 is 19.3 Å². The summed E-state index contributed by atoms with van der Waals surface area (Å²) in [5.41, 5.74) is 1.77. The number of nitrogens with zero attached hydrogens (tertiary/aromatic N) is 4. The molecule has 0 aliphatic carbocycles. The van der Waals surface area contributed by atoms with Crippen molar-refractivity contribution in [2.24, 2.45) is 0 Å². The van der Waals surface area contributed by atoms with E-state index in [9.17, 15) is 4.79 Å². The van der Waals surface area contributed by atoms with E-state index in [0.717, 1.165) is 22.8 Å². The lowest BCUT2D eigenvalue weighted by atomic mass is 10.1. The van der Waals surface area contributed by atoms with Crippen LogP contribution in [0, 0.1) is 0 Å². The average molecular weight is 375 g/mol. The highest BCUT2D eigenvalue weighted by atomic mass is 35.5. The fraction of sp³-hybridized carbons (Fsp3) is 0.389. The summed E-state index contributed by atoms with van der Waals surface area (Å²) in [6, 6.07) is 7.64. The van der Waals surface area contributed by atoms with Gasteiger partial charge in [0.2, 0.25) is 18.6 Å². The molecule has 1 saturated heterocycles. The number of rotatable bonds is 3. The van der Waals surface area contributed by atoms with Gasteiger partial charge in [0.05, 0.1) is 5.69 Å². The molecule has 136 valence electrons. The largest absolute Gasteiger partial charge is 0.454 e. The lowest BCUT2D eigenvalue weighted by Gasteiger charge is -2.35. The predicted molar refractivity (Wildman–Crippen MR) is 97.7 cm³/mol. The van der Waals surface area contributed by atoms with Gasteiger partial charge in [0.25, 0.3) is 0 Å². The second-order valence-corrected chi connectivity index (χ2v) is 6.89. The molecule has 7 nitrogen and oxygen atoms in total. The summed E-state index contributed by atoms with van der Waals surface area (Å²) >= 11 is 5.90. The van der Waals surface area contributed by atoms with Crippen LogP contribution in [0.4, 0.5) is 5.95 Å². The smallest absolute Gasteiger partial charge is 0.240 e. The van der Waals surface area contributed by atoms with E-state index in [1.807, 2.05) is 24.3 Å². The standard InChI is InChI=1S/C18H19ClN4O3/c1-12(19)17(24)22-6-8-23(9-7-22)18-20-5-4-14(21-18)13-2-3-15-16(10-13)26-11-25-15/h2-5,10,12H,6-9,11H2,1H3. The van der Waals surface area contributed by atoms with E-state index in [1.54, 1.807) is 18.0 Å². The molecular weight excluding hydrogens is 356 g/mol. The molecule has 0 saturated carbocycles. The molecule has 0 radical (unpaired) electrons. The zero-order valence-corrected chi connectivity index (χ0v) is 15.1. The number of aromatic nitrogens is 2. The van der Waals surface area contributed by atoms with Crippen LogP contribution >= 0.6 is 11.6 Å². The molecule has 0 bridgehead atoms. The van der Waals surface area contributed by atoms with E-state index in [2.05, 4.69) is 14.9 Å². The third-order valence-corrected chi connectivity index (χ3v) is 4.71. The van der Waals surface area contributed by atoms with Gasteiger partial charge in [0.15, 0.2) is 11.5 Å². The molecule has 2 aliphatic heterocycles. The Morgan fingerprint density at radius 3 is 2.69 bits per heavy atom. The molecule has 26 heavy (non-hydrogen) atoms. The second kappa shape index (κ2) is 6.99. The number of amides is 1. The fourth-order valence-corrected chi connectivity index (χ4v) is 3.23. The van der Waals surface area contributed by atoms with E-state index in [-0.39, 0.29) is 12.7 Å². The minimum Gasteiger partial charge on any atom is -0.454 e. The molecule has 3 heterocycles. The van der Waals surface area contributed by atoms with Crippen molar-refractivity contribution in [3.05, 3.63) is 30.5 Å². The first-order valence-electron chi connectivity index (χ1n) is 8.53. The highest BCUT2D eigenvalue weighted by Gasteiger charge is 2.25. The van der Waals surface area contributed by atoms with Crippen LogP contribution in [-0.4, -0.2) is 59.1 Å². The number of carbonyl (C=O) groups excluding carboxylic acids is 1. The Kier molecular flexibility index (Phi) is 4.55. The van der Waals surface area contributed by atoms with Gasteiger partial charge in [0.1, 0.15) is 5.38 Å². The van der Waals surface area contributed by atoms with Crippen LogP contribution in [0.1, 0.15) is 6.92 Å². The van der Waals surface area contributed by atoms with Crippen LogP contribution in [0.15, 0.2) is 30.5 Å². The zero-order chi connectivity index (χ0) is 18.1. The number of anilines is 1. The van der Waals surface area contributed by atoms with E-state index < -0.39 is 5.38 Å². The quantitative estimate of drug-likeness (QED) is 0.767. The molecule has 1 unspecified atom stereocenters. The van der Waals surface area contributed by atoms with Gasteiger partial charge in [0, 0.05) is 37.9 Å². The number of ether oxygens (including phenoxy) is 2. The van der Waals surface area contributed by atoms with Gasteiger partial charge in [-0.3, -0.25) is 4.79 Å².